The Labute approximate surface area is 215 Å². The van der Waals surface area contributed by atoms with Gasteiger partial charge in [-0.1, -0.05) is 12.1 Å². The Morgan fingerprint density at radius 1 is 1.22 bits per heavy atom. The smallest absolute Gasteiger partial charge is 0.224 e. The topological polar surface area (TPSA) is 69.5 Å². The molecule has 192 valence electrons. The highest BCUT2D eigenvalue weighted by atomic mass is 19.1. The van der Waals surface area contributed by atoms with Crippen molar-refractivity contribution in [3.63, 3.8) is 0 Å². The fourth-order valence-electron chi connectivity index (χ4n) is 4.83. The fourth-order valence-corrected chi connectivity index (χ4v) is 4.83. The molecular formula is C29H31FN4O3. The fraction of sp³-hybridized carbons (Fsp3) is 0.345. The highest BCUT2D eigenvalue weighted by Gasteiger charge is 2.25. The van der Waals surface area contributed by atoms with E-state index in [1.807, 2.05) is 54.4 Å². The highest BCUT2D eigenvalue weighted by molar-refractivity contribution is 5.85. The molecule has 1 atom stereocenters. The number of carbonyl (C=O) groups is 1. The van der Waals surface area contributed by atoms with Crippen LogP contribution in [-0.4, -0.2) is 51.9 Å². The Hall–Kier alpha value is -3.78. The van der Waals surface area contributed by atoms with Crippen LogP contribution in [0.3, 0.4) is 0 Å². The minimum Gasteiger partial charge on any atom is -0.496 e. The van der Waals surface area contributed by atoms with Gasteiger partial charge in [0.05, 0.1) is 30.1 Å². The van der Waals surface area contributed by atoms with E-state index < -0.39 is 0 Å². The summed E-state index contributed by atoms with van der Waals surface area (Å²) in [6, 6.07) is 16.1. The Kier molecular flexibility index (Phi) is 7.46. The maximum atomic E-state index is 14.0. The van der Waals surface area contributed by atoms with Crippen molar-refractivity contribution >= 4 is 16.8 Å². The lowest BCUT2D eigenvalue weighted by Gasteiger charge is -2.27. The van der Waals surface area contributed by atoms with E-state index in [1.165, 1.54) is 12.1 Å². The summed E-state index contributed by atoms with van der Waals surface area (Å²) in [5, 5.41) is 5.22. The number of hydrogen-bond acceptors (Lipinski definition) is 5. The number of benzene rings is 2. The van der Waals surface area contributed by atoms with E-state index in [0.29, 0.717) is 43.0 Å². The maximum absolute atomic E-state index is 14.0. The van der Waals surface area contributed by atoms with Gasteiger partial charge < -0.3 is 14.4 Å². The lowest BCUT2D eigenvalue weighted by atomic mass is 10.0. The summed E-state index contributed by atoms with van der Waals surface area (Å²) in [6.45, 7) is 4.01. The van der Waals surface area contributed by atoms with Crippen molar-refractivity contribution in [3.8, 4) is 17.0 Å². The summed E-state index contributed by atoms with van der Waals surface area (Å²) in [5.41, 5.74) is 3.80. The molecule has 0 radical (unpaired) electrons. The van der Waals surface area contributed by atoms with E-state index in [4.69, 9.17) is 14.5 Å². The van der Waals surface area contributed by atoms with E-state index >= 15 is 0 Å². The number of para-hydroxylation sites is 1. The van der Waals surface area contributed by atoms with Crippen LogP contribution < -0.4 is 4.74 Å². The van der Waals surface area contributed by atoms with Gasteiger partial charge >= 0.3 is 0 Å². The van der Waals surface area contributed by atoms with Crippen LogP contribution >= 0.6 is 0 Å². The predicted octanol–water partition coefficient (Wildman–Crippen LogP) is 5.15. The molecule has 2 aromatic carbocycles. The normalized spacial score (nSPS) is 15.3. The number of hydrogen-bond donors (Lipinski definition) is 0. The maximum Gasteiger partial charge on any atom is 0.224 e. The van der Waals surface area contributed by atoms with Gasteiger partial charge in [-0.15, -0.1) is 0 Å². The molecule has 3 heterocycles. The summed E-state index contributed by atoms with van der Waals surface area (Å²) in [4.78, 5) is 20.2. The molecule has 5 rings (SSSR count). The largest absolute Gasteiger partial charge is 0.496 e. The molecule has 1 amide bonds. The van der Waals surface area contributed by atoms with Crippen LogP contribution in [0, 0.1) is 12.7 Å². The minimum absolute atomic E-state index is 0.00752. The molecule has 37 heavy (non-hydrogen) atoms. The third-order valence-corrected chi connectivity index (χ3v) is 6.71. The Morgan fingerprint density at radius 2 is 2.08 bits per heavy atom. The molecule has 0 aliphatic carbocycles. The number of halogens is 1. The Morgan fingerprint density at radius 3 is 2.84 bits per heavy atom. The van der Waals surface area contributed by atoms with Gasteiger partial charge in [0.25, 0.3) is 0 Å². The number of aromatic nitrogens is 3. The first-order chi connectivity index (χ1) is 18.0. The number of pyridine rings is 1. The molecule has 1 aliphatic heterocycles. The number of amides is 1. The van der Waals surface area contributed by atoms with Gasteiger partial charge in [-0.3, -0.25) is 9.48 Å². The molecule has 0 saturated carbocycles. The number of methoxy groups -OCH3 is 1. The first kappa shape index (κ1) is 24.9. The van der Waals surface area contributed by atoms with Crippen molar-refractivity contribution in [1.82, 2.24) is 19.7 Å². The molecule has 0 bridgehead atoms. The number of nitrogens with zero attached hydrogens (tertiary/aromatic N) is 4. The number of carbonyl (C=O) groups excluding carboxylic acids is 1. The van der Waals surface area contributed by atoms with Crippen LogP contribution in [0.4, 0.5) is 4.39 Å². The van der Waals surface area contributed by atoms with E-state index in [9.17, 15) is 9.18 Å². The van der Waals surface area contributed by atoms with Crippen molar-refractivity contribution < 1.29 is 18.7 Å². The molecule has 7 nitrogen and oxygen atoms in total. The predicted molar refractivity (Wildman–Crippen MR) is 140 cm³/mol. The molecule has 2 aromatic heterocycles. The van der Waals surface area contributed by atoms with E-state index in [1.54, 1.807) is 17.9 Å². The van der Waals surface area contributed by atoms with E-state index in [2.05, 4.69) is 5.10 Å². The van der Waals surface area contributed by atoms with Gasteiger partial charge in [-0.05, 0) is 61.7 Å². The second-order valence-electron chi connectivity index (χ2n) is 9.41. The van der Waals surface area contributed by atoms with Crippen LogP contribution in [0.25, 0.3) is 22.2 Å². The molecular weight excluding hydrogens is 471 g/mol. The molecule has 0 N–H and O–H groups in total. The Bertz CT molecular complexity index is 1400. The van der Waals surface area contributed by atoms with E-state index in [-0.39, 0.29) is 17.8 Å². The van der Waals surface area contributed by atoms with E-state index in [0.717, 1.165) is 41.7 Å². The van der Waals surface area contributed by atoms with Crippen LogP contribution in [-0.2, 0) is 22.6 Å². The molecule has 1 aliphatic rings. The average Bonchev–Trinajstić information content (AvgIpc) is 3.58. The SMILES string of the molecule is COc1ccccc1-c1nc2cc(F)ccc2cc1CN(C[C@H]1CCCO1)C(=O)CCn1ccc(C)n1. The van der Waals surface area contributed by atoms with Crippen LogP contribution in [0.15, 0.2) is 60.8 Å². The lowest BCUT2D eigenvalue weighted by molar-refractivity contribution is -0.133. The zero-order valence-electron chi connectivity index (χ0n) is 21.2. The summed E-state index contributed by atoms with van der Waals surface area (Å²) >= 11 is 0. The van der Waals surface area contributed by atoms with Gasteiger partial charge in [0, 0.05) is 55.9 Å². The number of fused-ring (bicyclic) bond motifs is 1. The third-order valence-electron chi connectivity index (χ3n) is 6.71. The molecule has 4 aromatic rings. The summed E-state index contributed by atoms with van der Waals surface area (Å²) in [7, 11) is 1.61. The van der Waals surface area contributed by atoms with Gasteiger partial charge in [0.1, 0.15) is 11.6 Å². The molecule has 0 unspecified atom stereocenters. The minimum atomic E-state index is -0.345. The van der Waals surface area contributed by atoms with Gasteiger partial charge in [-0.25, -0.2) is 9.37 Å². The standard InChI is InChI=1S/C29H31FN4O3/c1-20-11-13-34(32-20)14-12-28(35)33(19-24-6-5-15-37-24)18-22-16-21-9-10-23(30)17-26(21)31-29(22)25-7-3-4-8-27(25)36-2/h3-4,7-11,13,16-17,24H,5-6,12,14-15,18-19H2,1-2H3/t24-/m1/s1. The van der Waals surface area contributed by atoms with Gasteiger partial charge in [-0.2, -0.15) is 5.10 Å². The quantitative estimate of drug-likeness (QED) is 0.317. The summed E-state index contributed by atoms with van der Waals surface area (Å²) in [6.07, 6.45) is 4.14. The van der Waals surface area contributed by atoms with Crippen LogP contribution in [0.5, 0.6) is 5.75 Å². The van der Waals surface area contributed by atoms with Crippen molar-refractivity contribution in [2.45, 2.75) is 45.4 Å². The average molecular weight is 503 g/mol. The highest BCUT2D eigenvalue weighted by Crippen LogP contribution is 2.33. The molecule has 0 spiro atoms. The zero-order chi connectivity index (χ0) is 25.8. The zero-order valence-corrected chi connectivity index (χ0v) is 21.2. The second-order valence-corrected chi connectivity index (χ2v) is 9.41. The first-order valence-electron chi connectivity index (χ1n) is 12.6. The summed E-state index contributed by atoms with van der Waals surface area (Å²) < 4.78 is 27.3. The number of rotatable bonds is 9. The van der Waals surface area contributed by atoms with Crippen LogP contribution in [0.2, 0.25) is 0 Å². The van der Waals surface area contributed by atoms with Crippen molar-refractivity contribution in [3.05, 3.63) is 77.9 Å². The monoisotopic (exact) mass is 502 g/mol. The molecule has 1 fully saturated rings. The Balaban J connectivity index is 1.51. The first-order valence-corrected chi connectivity index (χ1v) is 12.6. The lowest BCUT2D eigenvalue weighted by Crippen LogP contribution is -2.37. The van der Waals surface area contributed by atoms with Gasteiger partial charge in [0.15, 0.2) is 0 Å². The number of ether oxygens (including phenoxy) is 2. The van der Waals surface area contributed by atoms with Crippen LogP contribution in [0.1, 0.15) is 30.5 Å². The van der Waals surface area contributed by atoms with Gasteiger partial charge in [0.2, 0.25) is 5.91 Å². The second kappa shape index (κ2) is 11.1. The van der Waals surface area contributed by atoms with Crippen molar-refractivity contribution in [2.24, 2.45) is 0 Å². The third kappa shape index (κ3) is 5.80. The number of aryl methyl sites for hydroxylation is 2. The van der Waals surface area contributed by atoms with Crippen molar-refractivity contribution in [2.75, 3.05) is 20.3 Å². The molecule has 8 heteroatoms. The molecule has 1 saturated heterocycles. The van der Waals surface area contributed by atoms with Crippen molar-refractivity contribution in [1.29, 1.82) is 0 Å². The summed E-state index contributed by atoms with van der Waals surface area (Å²) in [5.74, 6) is 0.342.